The van der Waals surface area contributed by atoms with Gasteiger partial charge in [0.05, 0.1) is 0 Å². The highest BCUT2D eigenvalue weighted by Crippen LogP contribution is 2.32. The molecule has 1 saturated heterocycles. The Morgan fingerprint density at radius 3 is 2.72 bits per heavy atom. The van der Waals surface area contributed by atoms with E-state index in [0.29, 0.717) is 5.92 Å². The minimum Gasteiger partial charge on any atom is -0.337 e. The number of carbonyl (C=O) groups excluding carboxylic acids is 1. The number of fused-ring (bicyclic) bond motifs is 1. The lowest BCUT2D eigenvalue weighted by atomic mass is 9.83. The predicted octanol–water partition coefficient (Wildman–Crippen LogP) is 4.44. The van der Waals surface area contributed by atoms with Gasteiger partial charge in [0.2, 0.25) is 0 Å². The van der Waals surface area contributed by atoms with Crippen LogP contribution in [-0.2, 0) is 25.8 Å². The Labute approximate surface area is 174 Å². The van der Waals surface area contributed by atoms with Crippen LogP contribution in [-0.4, -0.2) is 38.7 Å². The average Bonchev–Trinajstić information content (AvgIpc) is 3.13. The molecule has 0 radical (unpaired) electrons. The number of rotatable bonds is 7. The van der Waals surface area contributed by atoms with Crippen molar-refractivity contribution in [2.45, 2.75) is 77.7 Å². The predicted molar refractivity (Wildman–Crippen MR) is 115 cm³/mol. The van der Waals surface area contributed by atoms with E-state index in [1.807, 2.05) is 17.3 Å². The van der Waals surface area contributed by atoms with Gasteiger partial charge in [-0.05, 0) is 87.8 Å². The van der Waals surface area contributed by atoms with Crippen molar-refractivity contribution in [2.75, 3.05) is 13.1 Å². The number of piperidine rings is 1. The Morgan fingerprint density at radius 1 is 1.17 bits per heavy atom. The first kappa shape index (κ1) is 20.1. The summed E-state index contributed by atoms with van der Waals surface area (Å²) >= 11 is 0. The van der Waals surface area contributed by atoms with Gasteiger partial charge in [-0.3, -0.25) is 14.5 Å². The zero-order chi connectivity index (χ0) is 20.1. The molecule has 5 heteroatoms. The molecule has 4 rings (SSSR count). The van der Waals surface area contributed by atoms with Crippen LogP contribution in [0.2, 0.25) is 0 Å². The monoisotopic (exact) mass is 394 g/mol. The van der Waals surface area contributed by atoms with E-state index < -0.39 is 0 Å². The number of likely N-dealkylation sites (tertiary alicyclic amines) is 1. The lowest BCUT2D eigenvalue weighted by Gasteiger charge is -2.27. The number of aromatic nitrogens is 3. The molecule has 0 N–H and O–H groups in total. The van der Waals surface area contributed by atoms with E-state index in [9.17, 15) is 4.79 Å². The Morgan fingerprint density at radius 2 is 1.97 bits per heavy atom. The van der Waals surface area contributed by atoms with Gasteiger partial charge >= 0.3 is 0 Å². The molecule has 5 nitrogen and oxygen atoms in total. The van der Waals surface area contributed by atoms with Crippen LogP contribution in [0.15, 0.2) is 24.5 Å². The second-order valence-corrected chi connectivity index (χ2v) is 8.71. The van der Waals surface area contributed by atoms with Crippen LogP contribution >= 0.6 is 0 Å². The first-order valence-corrected chi connectivity index (χ1v) is 11.5. The number of hydrogen-bond donors (Lipinski definition) is 0. The summed E-state index contributed by atoms with van der Waals surface area (Å²) in [6, 6.07) is 4.23. The lowest BCUT2D eigenvalue weighted by Crippen LogP contribution is -2.36. The number of amides is 1. The van der Waals surface area contributed by atoms with Crippen LogP contribution in [0.4, 0.5) is 0 Å². The topological polar surface area (TPSA) is 51.0 Å². The molecule has 1 atom stereocenters. The van der Waals surface area contributed by atoms with E-state index in [4.69, 9.17) is 5.10 Å². The first-order chi connectivity index (χ1) is 14.3. The number of hydrogen-bond acceptors (Lipinski definition) is 3. The van der Waals surface area contributed by atoms with Gasteiger partial charge in [0.1, 0.15) is 0 Å². The third-order valence-electron chi connectivity index (χ3n) is 6.56. The van der Waals surface area contributed by atoms with Crippen molar-refractivity contribution in [3.8, 4) is 0 Å². The molecule has 1 unspecified atom stereocenters. The van der Waals surface area contributed by atoms with Gasteiger partial charge in [-0.25, -0.2) is 0 Å². The van der Waals surface area contributed by atoms with Crippen LogP contribution < -0.4 is 0 Å². The number of nitrogens with zero attached hydrogens (tertiary/aromatic N) is 4. The molecule has 1 amide bonds. The molecule has 29 heavy (non-hydrogen) atoms. The molecule has 2 aromatic rings. The Kier molecular flexibility index (Phi) is 6.63. The van der Waals surface area contributed by atoms with Gasteiger partial charge in [0, 0.05) is 43.3 Å². The number of pyridine rings is 1. The summed E-state index contributed by atoms with van der Waals surface area (Å²) in [4.78, 5) is 19.4. The minimum absolute atomic E-state index is 0.174. The molecule has 2 aliphatic rings. The van der Waals surface area contributed by atoms with Gasteiger partial charge in [0.15, 0.2) is 5.69 Å². The normalized spacial score (nSPS) is 19.2. The molecule has 0 aromatic carbocycles. The van der Waals surface area contributed by atoms with Gasteiger partial charge < -0.3 is 4.90 Å². The Balaban J connectivity index is 1.45. The number of carbonyl (C=O) groups is 1. The Hall–Kier alpha value is -2.17. The molecule has 0 spiro atoms. The van der Waals surface area contributed by atoms with E-state index in [-0.39, 0.29) is 5.91 Å². The molecule has 1 aliphatic heterocycles. The summed E-state index contributed by atoms with van der Waals surface area (Å²) in [5.41, 5.74) is 4.72. The molecule has 2 aromatic heterocycles. The van der Waals surface area contributed by atoms with Crippen molar-refractivity contribution < 1.29 is 4.79 Å². The maximum Gasteiger partial charge on any atom is 0.274 e. The molecule has 0 saturated carbocycles. The van der Waals surface area contributed by atoms with E-state index in [1.165, 1.54) is 42.5 Å². The van der Waals surface area contributed by atoms with Crippen molar-refractivity contribution in [3.05, 3.63) is 47.0 Å². The molecule has 3 heterocycles. The molecule has 1 fully saturated rings. The molecule has 156 valence electrons. The summed E-state index contributed by atoms with van der Waals surface area (Å²) in [5.74, 6) is 0.838. The van der Waals surface area contributed by atoms with Crippen LogP contribution in [0, 0.1) is 5.92 Å². The first-order valence-electron chi connectivity index (χ1n) is 11.5. The number of aryl methyl sites for hydroxylation is 2. The summed E-state index contributed by atoms with van der Waals surface area (Å²) < 4.78 is 2.14. The van der Waals surface area contributed by atoms with Crippen LogP contribution in [0.5, 0.6) is 0 Å². The van der Waals surface area contributed by atoms with Gasteiger partial charge in [0.25, 0.3) is 5.91 Å². The molecule has 0 bridgehead atoms. The summed E-state index contributed by atoms with van der Waals surface area (Å²) in [6.45, 7) is 4.89. The SMILES string of the molecule is CCCn1nc(C(=O)N2CCCCC2)c2c1CCC(CCCc1ccncc1)C2. The average molecular weight is 395 g/mol. The van der Waals surface area contributed by atoms with E-state index in [2.05, 4.69) is 28.7 Å². The summed E-state index contributed by atoms with van der Waals surface area (Å²) in [6.07, 6.45) is 15.1. The van der Waals surface area contributed by atoms with Crippen molar-refractivity contribution >= 4 is 5.91 Å². The van der Waals surface area contributed by atoms with Crippen LogP contribution in [0.1, 0.15) is 79.2 Å². The smallest absolute Gasteiger partial charge is 0.274 e. The zero-order valence-corrected chi connectivity index (χ0v) is 17.8. The molecular weight excluding hydrogens is 360 g/mol. The largest absolute Gasteiger partial charge is 0.337 e. The van der Waals surface area contributed by atoms with Gasteiger partial charge in [-0.2, -0.15) is 5.10 Å². The standard InChI is InChI=1S/C24H34N4O/c1-2-15-28-22-10-9-20(8-6-7-19-11-13-25-14-12-19)18-21(22)23(26-28)24(29)27-16-4-3-5-17-27/h11-14,20H,2-10,15-18H2,1H3. The lowest BCUT2D eigenvalue weighted by molar-refractivity contribution is 0.0716. The second kappa shape index (κ2) is 9.55. The van der Waals surface area contributed by atoms with Gasteiger partial charge in [-0.15, -0.1) is 0 Å². The quantitative estimate of drug-likeness (QED) is 0.697. The zero-order valence-electron chi connectivity index (χ0n) is 17.8. The maximum atomic E-state index is 13.2. The third kappa shape index (κ3) is 4.71. The second-order valence-electron chi connectivity index (χ2n) is 8.71. The minimum atomic E-state index is 0.174. The van der Waals surface area contributed by atoms with Crippen molar-refractivity contribution in [3.63, 3.8) is 0 Å². The maximum absolute atomic E-state index is 13.2. The van der Waals surface area contributed by atoms with Crippen molar-refractivity contribution in [1.82, 2.24) is 19.7 Å². The molecule has 1 aliphatic carbocycles. The Bertz CT molecular complexity index is 808. The fourth-order valence-corrected chi connectivity index (χ4v) is 4.97. The van der Waals surface area contributed by atoms with E-state index in [0.717, 1.165) is 63.9 Å². The highest BCUT2D eigenvalue weighted by Gasteiger charge is 2.31. The third-order valence-corrected chi connectivity index (χ3v) is 6.56. The van der Waals surface area contributed by atoms with Crippen molar-refractivity contribution in [1.29, 1.82) is 0 Å². The highest BCUT2D eigenvalue weighted by atomic mass is 16.2. The van der Waals surface area contributed by atoms with E-state index in [1.54, 1.807) is 0 Å². The molecular formula is C24H34N4O. The fourth-order valence-electron chi connectivity index (χ4n) is 4.97. The summed E-state index contributed by atoms with van der Waals surface area (Å²) in [5, 5.41) is 4.84. The fraction of sp³-hybridized carbons (Fsp3) is 0.625. The van der Waals surface area contributed by atoms with E-state index >= 15 is 0 Å². The highest BCUT2D eigenvalue weighted by molar-refractivity contribution is 5.94. The summed E-state index contributed by atoms with van der Waals surface area (Å²) in [7, 11) is 0. The van der Waals surface area contributed by atoms with Crippen LogP contribution in [0.3, 0.4) is 0 Å². The van der Waals surface area contributed by atoms with Gasteiger partial charge in [-0.1, -0.05) is 6.92 Å². The van der Waals surface area contributed by atoms with Crippen LogP contribution in [0.25, 0.3) is 0 Å². The van der Waals surface area contributed by atoms with Crippen molar-refractivity contribution in [2.24, 2.45) is 5.92 Å².